The van der Waals surface area contributed by atoms with Crippen molar-refractivity contribution in [3.8, 4) is 0 Å². The van der Waals surface area contributed by atoms with Gasteiger partial charge in [-0.2, -0.15) is 0 Å². The van der Waals surface area contributed by atoms with E-state index in [0.717, 1.165) is 23.5 Å². The van der Waals surface area contributed by atoms with Crippen LogP contribution >= 0.6 is 11.8 Å². The molecule has 1 aromatic rings. The van der Waals surface area contributed by atoms with Crippen molar-refractivity contribution in [2.45, 2.75) is 36.0 Å². The van der Waals surface area contributed by atoms with Gasteiger partial charge in [-0.15, -0.1) is 11.8 Å². The molecule has 1 aliphatic rings. The van der Waals surface area contributed by atoms with E-state index >= 15 is 0 Å². The largest absolute Gasteiger partial charge is 0.481 e. The Morgan fingerprint density at radius 2 is 1.95 bits per heavy atom. The summed E-state index contributed by atoms with van der Waals surface area (Å²) in [7, 11) is -3.41. The number of benzene rings is 1. The Kier molecular flexibility index (Phi) is 4.95. The molecule has 5 nitrogen and oxygen atoms in total. The standard InChI is InChI=1S/C14H19NO4S2/c1-2-15-21(18,19)12-5-3-11(4-6-12)20-10-14(7-8-14)9-13(16)17/h3-6,15H,2,7-10H2,1H3,(H,16,17). The van der Waals surface area contributed by atoms with Crippen LogP contribution in [0.5, 0.6) is 0 Å². The maximum absolute atomic E-state index is 11.8. The Morgan fingerprint density at radius 3 is 2.43 bits per heavy atom. The Hall–Kier alpha value is -1.05. The molecule has 1 aliphatic carbocycles. The number of hydrogen-bond donors (Lipinski definition) is 2. The monoisotopic (exact) mass is 329 g/mol. The predicted molar refractivity (Wildman–Crippen MR) is 81.9 cm³/mol. The van der Waals surface area contributed by atoms with Crippen molar-refractivity contribution in [2.75, 3.05) is 12.3 Å². The van der Waals surface area contributed by atoms with Crippen LogP contribution in [0.3, 0.4) is 0 Å². The minimum atomic E-state index is -3.41. The Balaban J connectivity index is 1.96. The van der Waals surface area contributed by atoms with E-state index in [4.69, 9.17) is 5.11 Å². The maximum atomic E-state index is 11.8. The molecule has 1 saturated carbocycles. The molecular weight excluding hydrogens is 310 g/mol. The summed E-state index contributed by atoms with van der Waals surface area (Å²) in [4.78, 5) is 12.0. The second kappa shape index (κ2) is 6.37. The minimum absolute atomic E-state index is 0.0645. The molecule has 0 atom stereocenters. The summed E-state index contributed by atoms with van der Waals surface area (Å²) in [5.74, 6) is 0.0127. The van der Waals surface area contributed by atoms with E-state index in [9.17, 15) is 13.2 Å². The van der Waals surface area contributed by atoms with Crippen LogP contribution in [-0.2, 0) is 14.8 Å². The van der Waals surface area contributed by atoms with Crippen molar-refractivity contribution in [1.29, 1.82) is 0 Å². The summed E-state index contributed by atoms with van der Waals surface area (Å²) in [6, 6.07) is 6.70. The van der Waals surface area contributed by atoms with Crippen LogP contribution in [0, 0.1) is 5.41 Å². The molecule has 1 fully saturated rings. The first-order chi connectivity index (χ1) is 9.87. The number of carboxylic acids is 1. The fourth-order valence-corrected chi connectivity index (χ4v) is 4.33. The molecule has 2 N–H and O–H groups in total. The fraction of sp³-hybridized carbons (Fsp3) is 0.500. The van der Waals surface area contributed by atoms with Gasteiger partial charge in [-0.3, -0.25) is 4.79 Å². The van der Waals surface area contributed by atoms with E-state index in [2.05, 4.69) is 4.72 Å². The van der Waals surface area contributed by atoms with Gasteiger partial charge in [-0.1, -0.05) is 6.92 Å². The molecule has 116 valence electrons. The predicted octanol–water partition coefficient (Wildman–Crippen LogP) is 2.33. The smallest absolute Gasteiger partial charge is 0.303 e. The van der Waals surface area contributed by atoms with Crippen LogP contribution in [0.1, 0.15) is 26.2 Å². The molecule has 0 aromatic heterocycles. The van der Waals surface area contributed by atoms with E-state index in [1.807, 2.05) is 0 Å². The highest BCUT2D eigenvalue weighted by molar-refractivity contribution is 7.99. The SMILES string of the molecule is CCNS(=O)(=O)c1ccc(SCC2(CC(=O)O)CC2)cc1. The number of carboxylic acid groups (broad SMARTS) is 1. The second-order valence-electron chi connectivity index (χ2n) is 5.33. The lowest BCUT2D eigenvalue weighted by atomic mass is 10.1. The quantitative estimate of drug-likeness (QED) is 0.715. The number of sulfonamides is 1. The van der Waals surface area contributed by atoms with Crippen LogP contribution in [-0.4, -0.2) is 31.8 Å². The van der Waals surface area contributed by atoms with Crippen LogP contribution < -0.4 is 4.72 Å². The van der Waals surface area contributed by atoms with E-state index in [0.29, 0.717) is 6.54 Å². The molecule has 0 amide bonds. The third-order valence-corrected chi connectivity index (χ3v) is 6.42. The summed E-state index contributed by atoms with van der Waals surface area (Å²) in [5, 5.41) is 8.88. The fourth-order valence-electron chi connectivity index (χ4n) is 2.09. The van der Waals surface area contributed by atoms with Crippen LogP contribution in [0.25, 0.3) is 0 Å². The number of nitrogens with one attached hydrogen (secondary N) is 1. The highest BCUT2D eigenvalue weighted by Gasteiger charge is 2.44. The van der Waals surface area contributed by atoms with Gasteiger partial charge in [0.2, 0.25) is 10.0 Å². The number of carbonyl (C=O) groups is 1. The third-order valence-electron chi connectivity index (χ3n) is 3.50. The van der Waals surface area contributed by atoms with Crippen molar-refractivity contribution in [3.05, 3.63) is 24.3 Å². The molecule has 0 saturated heterocycles. The normalized spacial score (nSPS) is 16.6. The Morgan fingerprint density at radius 1 is 1.33 bits per heavy atom. The van der Waals surface area contributed by atoms with Gasteiger partial charge < -0.3 is 5.11 Å². The van der Waals surface area contributed by atoms with E-state index < -0.39 is 16.0 Å². The molecule has 0 bridgehead atoms. The lowest BCUT2D eigenvalue weighted by Gasteiger charge is -2.12. The summed E-state index contributed by atoms with van der Waals surface area (Å²) < 4.78 is 26.1. The van der Waals surface area contributed by atoms with Gasteiger partial charge >= 0.3 is 5.97 Å². The first-order valence-electron chi connectivity index (χ1n) is 6.81. The molecule has 0 heterocycles. The van der Waals surface area contributed by atoms with Gasteiger partial charge in [-0.05, 0) is 42.5 Å². The van der Waals surface area contributed by atoms with Crippen molar-refractivity contribution in [3.63, 3.8) is 0 Å². The average Bonchev–Trinajstić information content (AvgIpc) is 3.16. The maximum Gasteiger partial charge on any atom is 0.303 e. The molecule has 0 unspecified atom stereocenters. The summed E-state index contributed by atoms with van der Waals surface area (Å²) in [6.07, 6.45) is 2.13. The van der Waals surface area contributed by atoms with Crippen LogP contribution in [0.15, 0.2) is 34.1 Å². The Labute approximate surface area is 129 Å². The van der Waals surface area contributed by atoms with E-state index in [-0.39, 0.29) is 16.7 Å². The number of aliphatic carboxylic acids is 1. The number of hydrogen-bond acceptors (Lipinski definition) is 4. The van der Waals surface area contributed by atoms with E-state index in [1.165, 1.54) is 0 Å². The molecule has 0 radical (unpaired) electrons. The molecule has 2 rings (SSSR count). The summed E-state index contributed by atoms with van der Waals surface area (Å²) in [6.45, 7) is 2.09. The summed E-state index contributed by atoms with van der Waals surface area (Å²) in [5.41, 5.74) is -0.0645. The van der Waals surface area contributed by atoms with Gasteiger partial charge in [-0.25, -0.2) is 13.1 Å². The number of thioether (sulfide) groups is 1. The molecular formula is C14H19NO4S2. The van der Waals surface area contributed by atoms with Crippen molar-refractivity contribution in [2.24, 2.45) is 5.41 Å². The second-order valence-corrected chi connectivity index (χ2v) is 8.15. The lowest BCUT2D eigenvalue weighted by molar-refractivity contribution is -0.138. The zero-order valence-corrected chi connectivity index (χ0v) is 13.5. The first-order valence-corrected chi connectivity index (χ1v) is 9.28. The summed E-state index contributed by atoms with van der Waals surface area (Å²) >= 11 is 1.59. The zero-order valence-electron chi connectivity index (χ0n) is 11.8. The van der Waals surface area contributed by atoms with Crippen molar-refractivity contribution < 1.29 is 18.3 Å². The first kappa shape index (κ1) is 16.3. The zero-order chi connectivity index (χ0) is 15.5. The van der Waals surface area contributed by atoms with Crippen molar-refractivity contribution in [1.82, 2.24) is 4.72 Å². The highest BCUT2D eigenvalue weighted by Crippen LogP contribution is 2.51. The van der Waals surface area contributed by atoms with E-state index in [1.54, 1.807) is 43.0 Å². The third kappa shape index (κ3) is 4.46. The van der Waals surface area contributed by atoms with Gasteiger partial charge in [0.25, 0.3) is 0 Å². The molecule has 21 heavy (non-hydrogen) atoms. The van der Waals surface area contributed by atoms with Gasteiger partial charge in [0.1, 0.15) is 0 Å². The Bertz CT molecular complexity index is 606. The van der Waals surface area contributed by atoms with Gasteiger partial charge in [0.05, 0.1) is 11.3 Å². The van der Waals surface area contributed by atoms with Crippen LogP contribution in [0.4, 0.5) is 0 Å². The van der Waals surface area contributed by atoms with Gasteiger partial charge in [0.15, 0.2) is 0 Å². The minimum Gasteiger partial charge on any atom is -0.481 e. The number of rotatable bonds is 8. The molecule has 7 heteroatoms. The van der Waals surface area contributed by atoms with Crippen molar-refractivity contribution >= 4 is 27.8 Å². The molecule has 0 aliphatic heterocycles. The lowest BCUT2D eigenvalue weighted by Crippen LogP contribution is -2.22. The molecule has 1 aromatic carbocycles. The van der Waals surface area contributed by atoms with Crippen LogP contribution in [0.2, 0.25) is 0 Å². The van der Waals surface area contributed by atoms with Gasteiger partial charge in [0, 0.05) is 17.2 Å². The topological polar surface area (TPSA) is 83.5 Å². The average molecular weight is 329 g/mol. The molecule has 0 spiro atoms. The highest BCUT2D eigenvalue weighted by atomic mass is 32.2.